The number of amides is 4. The maximum atomic E-state index is 13.6. The molecule has 0 saturated carbocycles. The highest BCUT2D eigenvalue weighted by atomic mass is 33.1. The third kappa shape index (κ3) is 7.62. The van der Waals surface area contributed by atoms with Crippen LogP contribution in [0.5, 0.6) is 0 Å². The average molecular weight is 763 g/mol. The summed E-state index contributed by atoms with van der Waals surface area (Å²) in [6.07, 6.45) is 11.0. The number of aromatic nitrogens is 2. The van der Waals surface area contributed by atoms with Crippen LogP contribution < -0.4 is 21.3 Å². The summed E-state index contributed by atoms with van der Waals surface area (Å²) in [6, 6.07) is 18.6. The maximum Gasteiger partial charge on any atom is 0.261 e. The lowest BCUT2D eigenvalue weighted by Crippen LogP contribution is -2.42. The number of hydrogen-bond acceptors (Lipinski definition) is 11. The van der Waals surface area contributed by atoms with Gasteiger partial charge in [0.25, 0.3) is 23.6 Å². The lowest BCUT2D eigenvalue weighted by Gasteiger charge is -2.28. The lowest BCUT2D eigenvalue weighted by molar-refractivity contribution is 0.0605. The van der Waals surface area contributed by atoms with Gasteiger partial charge in [0.1, 0.15) is 0 Å². The molecule has 7 rings (SSSR count). The molecule has 4 N–H and O–H groups in total. The zero-order valence-electron chi connectivity index (χ0n) is 30.0. The molecule has 5 aromatic rings. The summed E-state index contributed by atoms with van der Waals surface area (Å²) in [5.74, 6) is -0.185. The molecule has 0 spiro atoms. The Balaban J connectivity index is 0.906. The molecule has 0 aliphatic carbocycles. The summed E-state index contributed by atoms with van der Waals surface area (Å²) in [5.41, 5.74) is 3.87. The van der Waals surface area contributed by atoms with Crippen LogP contribution in [0.25, 0.3) is 21.5 Å². The molecule has 54 heavy (non-hydrogen) atoms. The van der Waals surface area contributed by atoms with Gasteiger partial charge in [-0.15, -0.1) is 0 Å². The van der Waals surface area contributed by atoms with Crippen LogP contribution in [0.4, 0.5) is 11.4 Å². The van der Waals surface area contributed by atoms with Crippen LogP contribution in [-0.4, -0.2) is 94.3 Å². The number of carbonyl (C=O) groups excluding carboxylic acids is 4. The Morgan fingerprint density at radius 1 is 0.630 bits per heavy atom. The number of imide groups is 2. The topological polar surface area (TPSA) is 141 Å². The molecule has 0 unspecified atom stereocenters. The first-order valence-electron chi connectivity index (χ1n) is 18.1. The molecule has 0 atom stereocenters. The Hall–Kier alpha value is -5.47. The molecule has 3 heterocycles. The van der Waals surface area contributed by atoms with Gasteiger partial charge in [-0.25, -0.2) is 4.98 Å². The molecule has 0 saturated heterocycles. The highest BCUT2D eigenvalue weighted by Crippen LogP contribution is 2.36. The number of rotatable bonds is 19. The van der Waals surface area contributed by atoms with Crippen LogP contribution in [0.3, 0.4) is 0 Å². The summed E-state index contributed by atoms with van der Waals surface area (Å²) in [4.78, 5) is 61.1. The molecular weight excluding hydrogens is 721 g/mol. The van der Waals surface area contributed by atoms with Gasteiger partial charge in [-0.05, 0) is 49.2 Å². The SMILES string of the molecule is CN/C=C\NCCCNc1ccc2c3c(cccc13)C(=O)N(CCSSCCN1C(=O)c3cccc4c(NCCCn5ccnc5)ccc(c34)C1=O)C2=O. The van der Waals surface area contributed by atoms with Gasteiger partial charge >= 0.3 is 0 Å². The van der Waals surface area contributed by atoms with Gasteiger partial charge in [-0.2, -0.15) is 0 Å². The maximum absolute atomic E-state index is 13.6. The molecule has 0 bridgehead atoms. The van der Waals surface area contributed by atoms with E-state index in [1.165, 1.54) is 31.4 Å². The minimum Gasteiger partial charge on any atom is -0.393 e. The van der Waals surface area contributed by atoms with Gasteiger partial charge in [0.15, 0.2) is 0 Å². The van der Waals surface area contributed by atoms with E-state index in [0.29, 0.717) is 44.5 Å². The standard InChI is InChI=1S/C40H42N8O4S2/c1-41-17-18-42-14-4-15-44-33-12-10-31-35-27(33)6-2-8-29(35)37(49)47(39(31)51)22-24-53-54-25-23-48-38(50)30-9-3-7-28-34(13-11-32(36(28)30)40(48)52)45-16-5-20-46-21-19-43-26-46/h2-3,6-13,17-19,21,26,41-42,44-45H,4-5,14-16,20,22-25H2,1H3/b18-17-. The fourth-order valence-electron chi connectivity index (χ4n) is 6.92. The van der Waals surface area contributed by atoms with Crippen molar-refractivity contribution >= 4 is 78.1 Å². The second-order valence-corrected chi connectivity index (χ2v) is 15.6. The van der Waals surface area contributed by atoms with Gasteiger partial charge in [0.2, 0.25) is 0 Å². The van der Waals surface area contributed by atoms with E-state index in [1.807, 2.05) is 66.6 Å². The molecule has 278 valence electrons. The minimum absolute atomic E-state index is 0.247. The molecule has 1 aromatic heterocycles. The van der Waals surface area contributed by atoms with Gasteiger partial charge in [-0.1, -0.05) is 45.9 Å². The largest absolute Gasteiger partial charge is 0.393 e. The first-order valence-corrected chi connectivity index (χ1v) is 20.5. The van der Waals surface area contributed by atoms with Crippen molar-refractivity contribution in [2.24, 2.45) is 0 Å². The molecule has 0 fully saturated rings. The van der Waals surface area contributed by atoms with E-state index in [1.54, 1.807) is 36.8 Å². The third-order valence-corrected chi connectivity index (χ3v) is 11.9. The Labute approximate surface area is 321 Å². The summed E-state index contributed by atoms with van der Waals surface area (Å²) in [6.45, 7) is 3.61. The Morgan fingerprint density at radius 3 is 1.69 bits per heavy atom. The van der Waals surface area contributed by atoms with Crippen molar-refractivity contribution < 1.29 is 19.2 Å². The average Bonchev–Trinajstić information content (AvgIpc) is 3.72. The van der Waals surface area contributed by atoms with Crippen molar-refractivity contribution in [3.05, 3.63) is 114 Å². The van der Waals surface area contributed by atoms with E-state index >= 15 is 0 Å². The number of anilines is 2. The van der Waals surface area contributed by atoms with E-state index < -0.39 is 0 Å². The van der Waals surface area contributed by atoms with Crippen molar-refractivity contribution in [2.75, 3.05) is 61.9 Å². The Kier molecular flexibility index (Phi) is 11.7. The number of nitrogens with one attached hydrogen (secondary N) is 4. The van der Waals surface area contributed by atoms with Crippen LogP contribution in [0, 0.1) is 0 Å². The molecule has 0 radical (unpaired) electrons. The normalized spacial score (nSPS) is 13.8. The van der Waals surface area contributed by atoms with Crippen molar-refractivity contribution in [3.8, 4) is 0 Å². The summed E-state index contributed by atoms with van der Waals surface area (Å²) >= 11 is 0. The van der Waals surface area contributed by atoms with E-state index in [-0.39, 0.29) is 36.7 Å². The molecule has 14 heteroatoms. The van der Waals surface area contributed by atoms with Crippen LogP contribution in [0.1, 0.15) is 54.3 Å². The summed E-state index contributed by atoms with van der Waals surface area (Å²) < 4.78 is 2.03. The van der Waals surface area contributed by atoms with Crippen molar-refractivity contribution in [3.63, 3.8) is 0 Å². The molecule has 4 aromatic carbocycles. The van der Waals surface area contributed by atoms with E-state index in [0.717, 1.165) is 61.2 Å². The second-order valence-electron chi connectivity index (χ2n) is 12.9. The number of nitrogens with zero attached hydrogens (tertiary/aromatic N) is 4. The van der Waals surface area contributed by atoms with Gasteiger partial charge < -0.3 is 25.8 Å². The molecule has 12 nitrogen and oxygen atoms in total. The van der Waals surface area contributed by atoms with Crippen LogP contribution >= 0.6 is 21.6 Å². The summed E-state index contributed by atoms with van der Waals surface area (Å²) in [5, 5.41) is 16.2. The van der Waals surface area contributed by atoms with Gasteiger partial charge in [-0.3, -0.25) is 29.0 Å². The smallest absolute Gasteiger partial charge is 0.261 e. The molecule has 4 amide bonds. The van der Waals surface area contributed by atoms with Crippen LogP contribution in [-0.2, 0) is 6.54 Å². The number of imidazole rings is 1. The van der Waals surface area contributed by atoms with E-state index in [2.05, 4.69) is 26.3 Å². The zero-order chi connectivity index (χ0) is 37.4. The van der Waals surface area contributed by atoms with Crippen LogP contribution in [0.15, 0.2) is 91.8 Å². The third-order valence-electron chi connectivity index (χ3n) is 9.51. The van der Waals surface area contributed by atoms with Gasteiger partial charge in [0.05, 0.1) is 6.33 Å². The first kappa shape index (κ1) is 36.9. The van der Waals surface area contributed by atoms with Crippen LogP contribution in [0.2, 0.25) is 0 Å². The van der Waals surface area contributed by atoms with E-state index in [4.69, 9.17) is 0 Å². The quantitative estimate of drug-likeness (QED) is 0.0444. The van der Waals surface area contributed by atoms with E-state index in [9.17, 15) is 19.2 Å². The predicted octanol–water partition coefficient (Wildman–Crippen LogP) is 6.05. The number of aryl methyl sites for hydroxylation is 1. The van der Waals surface area contributed by atoms with Crippen molar-refractivity contribution in [2.45, 2.75) is 19.4 Å². The second kappa shape index (κ2) is 17.1. The number of hydrogen-bond donors (Lipinski definition) is 4. The monoisotopic (exact) mass is 762 g/mol. The fourth-order valence-corrected chi connectivity index (χ4v) is 8.83. The highest BCUT2D eigenvalue weighted by Gasteiger charge is 2.34. The highest BCUT2D eigenvalue weighted by molar-refractivity contribution is 8.76. The summed E-state index contributed by atoms with van der Waals surface area (Å²) in [7, 11) is 4.87. The number of carbonyl (C=O) groups is 4. The zero-order valence-corrected chi connectivity index (χ0v) is 31.6. The Bertz CT molecular complexity index is 2180. The predicted molar refractivity (Wildman–Crippen MR) is 218 cm³/mol. The molecular formula is C40H42N8O4S2. The first-order chi connectivity index (χ1) is 26.5. The lowest BCUT2D eigenvalue weighted by atomic mass is 9.93. The number of benzene rings is 4. The van der Waals surface area contributed by atoms with Crippen molar-refractivity contribution in [1.29, 1.82) is 0 Å². The Morgan fingerprint density at radius 2 is 1.17 bits per heavy atom. The minimum atomic E-state index is -0.300. The molecule has 2 aliphatic heterocycles. The molecule has 2 aliphatic rings. The van der Waals surface area contributed by atoms with Gasteiger partial charge in [0, 0.05) is 138 Å². The van der Waals surface area contributed by atoms with Crippen molar-refractivity contribution in [1.82, 2.24) is 30.0 Å². The fraction of sp³-hybridized carbons (Fsp3) is 0.275.